The van der Waals surface area contributed by atoms with Crippen molar-refractivity contribution in [3.05, 3.63) is 36.0 Å². The minimum absolute atomic E-state index is 0.408. The van der Waals surface area contributed by atoms with Crippen LogP contribution in [-0.2, 0) is 0 Å². The van der Waals surface area contributed by atoms with Crippen molar-refractivity contribution in [2.45, 2.75) is 6.92 Å². The number of likely N-dealkylation sites (N-methyl/N-ethyl adjacent to an activating group) is 1. The quantitative estimate of drug-likeness (QED) is 0.930. The van der Waals surface area contributed by atoms with Crippen LogP contribution in [0.4, 0.5) is 26.2 Å². The summed E-state index contributed by atoms with van der Waals surface area (Å²) in [6, 6.07) is 3.59. The van der Waals surface area contributed by atoms with Crippen LogP contribution < -0.4 is 10.2 Å². The number of nitrogens with zero attached hydrogens (tertiary/aromatic N) is 5. The van der Waals surface area contributed by atoms with Crippen LogP contribution in [0.15, 0.2) is 24.4 Å². The molecule has 122 valence electrons. The maximum Gasteiger partial charge on any atom is 0.247 e. The summed E-state index contributed by atoms with van der Waals surface area (Å²) < 4.78 is 26.2. The molecule has 1 saturated heterocycles. The molecular formula is C15H18F2N6. The van der Waals surface area contributed by atoms with E-state index in [4.69, 9.17) is 0 Å². The molecule has 0 saturated carbocycles. The average Bonchev–Trinajstić information content (AvgIpc) is 2.58. The molecule has 1 fully saturated rings. The minimum atomic E-state index is -0.909. The van der Waals surface area contributed by atoms with Crippen LogP contribution in [0.2, 0.25) is 0 Å². The molecule has 1 aromatic heterocycles. The van der Waals surface area contributed by atoms with Crippen molar-refractivity contribution in [2.24, 2.45) is 0 Å². The zero-order chi connectivity index (χ0) is 16.2. The first-order chi connectivity index (χ1) is 11.2. The molecule has 3 rings (SSSR count). The highest BCUT2D eigenvalue weighted by molar-refractivity contribution is 5.56. The standard InChI is InChI=1S/C15H18F2N6/c1-2-22-5-7-23(8-6-22)15-20-14(10-18-21-15)19-11-3-4-12(16)13(17)9-11/h3-4,9-10H,2,5-8H2,1H3,(H,19,20,21). The molecule has 0 amide bonds. The maximum absolute atomic E-state index is 13.2. The third-order valence-electron chi connectivity index (χ3n) is 3.84. The summed E-state index contributed by atoms with van der Waals surface area (Å²) >= 11 is 0. The lowest BCUT2D eigenvalue weighted by Crippen LogP contribution is -2.46. The van der Waals surface area contributed by atoms with Crippen LogP contribution in [0.3, 0.4) is 0 Å². The summed E-state index contributed by atoms with van der Waals surface area (Å²) in [7, 11) is 0. The molecule has 1 aliphatic rings. The van der Waals surface area contributed by atoms with Crippen molar-refractivity contribution in [2.75, 3.05) is 42.9 Å². The predicted octanol–water partition coefficient (Wildman–Crippen LogP) is 2.04. The molecule has 0 atom stereocenters. The number of halogens is 2. The second-order valence-corrected chi connectivity index (χ2v) is 5.32. The van der Waals surface area contributed by atoms with E-state index in [2.05, 4.69) is 37.2 Å². The van der Waals surface area contributed by atoms with E-state index in [0.29, 0.717) is 17.5 Å². The Bertz CT molecular complexity index is 673. The third kappa shape index (κ3) is 3.70. The largest absolute Gasteiger partial charge is 0.339 e. The number of rotatable bonds is 4. The molecule has 0 unspecified atom stereocenters. The first-order valence-electron chi connectivity index (χ1n) is 7.55. The predicted molar refractivity (Wildman–Crippen MR) is 83.8 cm³/mol. The highest BCUT2D eigenvalue weighted by Gasteiger charge is 2.18. The lowest BCUT2D eigenvalue weighted by atomic mass is 10.3. The molecule has 2 aromatic rings. The van der Waals surface area contributed by atoms with E-state index >= 15 is 0 Å². The smallest absolute Gasteiger partial charge is 0.247 e. The molecule has 1 N–H and O–H groups in total. The molecule has 0 radical (unpaired) electrons. The zero-order valence-electron chi connectivity index (χ0n) is 12.8. The number of hydrogen-bond donors (Lipinski definition) is 1. The van der Waals surface area contributed by atoms with Crippen LogP contribution in [-0.4, -0.2) is 52.8 Å². The Morgan fingerprint density at radius 3 is 2.61 bits per heavy atom. The molecule has 1 aromatic carbocycles. The maximum atomic E-state index is 13.2. The van der Waals surface area contributed by atoms with Gasteiger partial charge in [0.15, 0.2) is 17.5 Å². The Labute approximate surface area is 133 Å². The van der Waals surface area contributed by atoms with E-state index in [9.17, 15) is 8.78 Å². The number of anilines is 3. The number of aromatic nitrogens is 3. The van der Waals surface area contributed by atoms with E-state index in [1.54, 1.807) is 0 Å². The van der Waals surface area contributed by atoms with E-state index in [-0.39, 0.29) is 0 Å². The SMILES string of the molecule is CCN1CCN(c2nncc(Nc3ccc(F)c(F)c3)n2)CC1. The Kier molecular flexibility index (Phi) is 4.61. The lowest BCUT2D eigenvalue weighted by Gasteiger charge is -2.33. The van der Waals surface area contributed by atoms with Gasteiger partial charge in [0.2, 0.25) is 5.95 Å². The molecule has 6 nitrogen and oxygen atoms in total. The van der Waals surface area contributed by atoms with Crippen molar-refractivity contribution >= 4 is 17.5 Å². The van der Waals surface area contributed by atoms with Gasteiger partial charge in [0.25, 0.3) is 0 Å². The highest BCUT2D eigenvalue weighted by atomic mass is 19.2. The molecule has 0 bridgehead atoms. The third-order valence-corrected chi connectivity index (χ3v) is 3.84. The first kappa shape index (κ1) is 15.5. The Morgan fingerprint density at radius 1 is 1.13 bits per heavy atom. The molecule has 1 aliphatic heterocycles. The van der Waals surface area contributed by atoms with Crippen molar-refractivity contribution in [1.82, 2.24) is 20.1 Å². The van der Waals surface area contributed by atoms with Crippen molar-refractivity contribution < 1.29 is 8.78 Å². The van der Waals surface area contributed by atoms with Gasteiger partial charge in [-0.1, -0.05) is 6.92 Å². The molecular weight excluding hydrogens is 302 g/mol. The average molecular weight is 320 g/mol. The molecule has 0 spiro atoms. The Hall–Kier alpha value is -2.35. The Balaban J connectivity index is 1.71. The summed E-state index contributed by atoms with van der Waals surface area (Å²) in [5, 5.41) is 10.9. The fourth-order valence-electron chi connectivity index (χ4n) is 2.47. The van der Waals surface area contributed by atoms with E-state index < -0.39 is 11.6 Å². The van der Waals surface area contributed by atoms with Crippen LogP contribution in [0.5, 0.6) is 0 Å². The minimum Gasteiger partial charge on any atom is -0.339 e. The number of nitrogens with one attached hydrogen (secondary N) is 1. The van der Waals surface area contributed by atoms with Gasteiger partial charge in [0, 0.05) is 37.9 Å². The van der Waals surface area contributed by atoms with Gasteiger partial charge in [0.05, 0.1) is 6.20 Å². The van der Waals surface area contributed by atoms with Crippen molar-refractivity contribution in [1.29, 1.82) is 0 Å². The van der Waals surface area contributed by atoms with Gasteiger partial charge in [-0.05, 0) is 18.7 Å². The highest BCUT2D eigenvalue weighted by Crippen LogP contribution is 2.18. The van der Waals surface area contributed by atoms with Gasteiger partial charge >= 0.3 is 0 Å². The van der Waals surface area contributed by atoms with Crippen molar-refractivity contribution in [3.63, 3.8) is 0 Å². The fourth-order valence-corrected chi connectivity index (χ4v) is 2.47. The first-order valence-corrected chi connectivity index (χ1v) is 7.55. The molecule has 23 heavy (non-hydrogen) atoms. The van der Waals surface area contributed by atoms with Gasteiger partial charge in [-0.2, -0.15) is 10.1 Å². The van der Waals surface area contributed by atoms with Crippen LogP contribution in [0.25, 0.3) is 0 Å². The van der Waals surface area contributed by atoms with Gasteiger partial charge in [0.1, 0.15) is 0 Å². The molecule has 8 heteroatoms. The number of hydrogen-bond acceptors (Lipinski definition) is 6. The van der Waals surface area contributed by atoms with Crippen LogP contribution in [0, 0.1) is 11.6 Å². The second kappa shape index (κ2) is 6.82. The van der Waals surface area contributed by atoms with Crippen molar-refractivity contribution in [3.8, 4) is 0 Å². The summed E-state index contributed by atoms with van der Waals surface area (Å²) in [6.45, 7) is 6.76. The fraction of sp³-hybridized carbons (Fsp3) is 0.400. The van der Waals surface area contributed by atoms with Gasteiger partial charge < -0.3 is 15.1 Å². The summed E-state index contributed by atoms with van der Waals surface area (Å²) in [6.07, 6.45) is 1.45. The molecule has 0 aliphatic carbocycles. The normalized spacial score (nSPS) is 15.7. The topological polar surface area (TPSA) is 57.2 Å². The van der Waals surface area contributed by atoms with Gasteiger partial charge in [-0.15, -0.1) is 5.10 Å². The molecule has 2 heterocycles. The summed E-state index contributed by atoms with van der Waals surface area (Å²) in [4.78, 5) is 8.82. The monoisotopic (exact) mass is 320 g/mol. The van der Waals surface area contributed by atoms with E-state index in [0.717, 1.165) is 44.9 Å². The zero-order valence-corrected chi connectivity index (χ0v) is 12.8. The van der Waals surface area contributed by atoms with Gasteiger partial charge in [-0.25, -0.2) is 8.78 Å². The van der Waals surface area contributed by atoms with E-state index in [1.165, 1.54) is 12.3 Å². The number of piperazine rings is 1. The lowest BCUT2D eigenvalue weighted by molar-refractivity contribution is 0.269. The second-order valence-electron chi connectivity index (χ2n) is 5.32. The van der Waals surface area contributed by atoms with Crippen LogP contribution in [0.1, 0.15) is 6.92 Å². The summed E-state index contributed by atoms with van der Waals surface area (Å²) in [5.41, 5.74) is 0.408. The van der Waals surface area contributed by atoms with Gasteiger partial charge in [-0.3, -0.25) is 0 Å². The Morgan fingerprint density at radius 2 is 1.91 bits per heavy atom. The van der Waals surface area contributed by atoms with E-state index in [1.807, 2.05) is 0 Å². The summed E-state index contributed by atoms with van der Waals surface area (Å²) in [5.74, 6) is -0.814. The number of benzene rings is 1. The van der Waals surface area contributed by atoms with Crippen LogP contribution >= 0.6 is 0 Å².